The third-order valence-corrected chi connectivity index (χ3v) is 6.77. The molecule has 30 heavy (non-hydrogen) atoms. The Bertz CT molecular complexity index is 1030. The summed E-state index contributed by atoms with van der Waals surface area (Å²) >= 11 is 5.68. The van der Waals surface area contributed by atoms with Crippen molar-refractivity contribution >= 4 is 39.7 Å². The van der Waals surface area contributed by atoms with Crippen molar-refractivity contribution in [3.8, 4) is 6.07 Å². The van der Waals surface area contributed by atoms with Crippen LogP contribution < -0.4 is 9.62 Å². The number of piperazine rings is 1. The zero-order valence-corrected chi connectivity index (χ0v) is 18.8. The molecule has 1 fully saturated rings. The van der Waals surface area contributed by atoms with Gasteiger partial charge in [-0.15, -0.1) is 12.4 Å². The van der Waals surface area contributed by atoms with Gasteiger partial charge in [0.2, 0.25) is 10.0 Å². The van der Waals surface area contributed by atoms with Crippen LogP contribution in [-0.2, 0) is 10.0 Å². The molecule has 0 amide bonds. The van der Waals surface area contributed by atoms with Crippen molar-refractivity contribution in [3.05, 3.63) is 58.9 Å². The minimum Gasteiger partial charge on any atom is -0.368 e. The van der Waals surface area contributed by atoms with Gasteiger partial charge in [-0.25, -0.2) is 17.5 Å². The van der Waals surface area contributed by atoms with Crippen molar-refractivity contribution in [2.75, 3.05) is 37.6 Å². The Morgan fingerprint density at radius 3 is 2.67 bits per heavy atom. The van der Waals surface area contributed by atoms with Crippen molar-refractivity contribution in [1.29, 1.82) is 5.26 Å². The third-order valence-electron chi connectivity index (χ3n) is 5.02. The second-order valence-corrected chi connectivity index (χ2v) is 9.11. The molecule has 6 nitrogen and oxygen atoms in total. The molecule has 0 unspecified atom stereocenters. The minimum atomic E-state index is -3.75. The highest BCUT2D eigenvalue weighted by Crippen LogP contribution is 2.23. The molecule has 162 valence electrons. The topological polar surface area (TPSA) is 76.4 Å². The summed E-state index contributed by atoms with van der Waals surface area (Å²) < 4.78 is 40.5. The number of nitriles is 1. The van der Waals surface area contributed by atoms with Gasteiger partial charge in [0.05, 0.1) is 21.2 Å². The fourth-order valence-electron chi connectivity index (χ4n) is 3.44. The molecule has 1 N–H and O–H groups in total. The third kappa shape index (κ3) is 5.62. The van der Waals surface area contributed by atoms with E-state index in [9.17, 15) is 18.1 Å². The highest BCUT2D eigenvalue weighted by Gasteiger charge is 2.25. The monoisotopic (exact) mass is 472 g/mol. The number of hydrogen-bond donors (Lipinski definition) is 1. The first-order valence-corrected chi connectivity index (χ1v) is 11.1. The molecule has 1 saturated heterocycles. The second-order valence-electron chi connectivity index (χ2n) is 6.93. The van der Waals surface area contributed by atoms with E-state index in [-0.39, 0.29) is 34.9 Å². The summed E-state index contributed by atoms with van der Waals surface area (Å²) in [6, 6.07) is 13.3. The van der Waals surface area contributed by atoms with Crippen LogP contribution in [0.4, 0.5) is 10.1 Å². The summed E-state index contributed by atoms with van der Waals surface area (Å²) in [5.41, 5.74) is 1.58. The summed E-state index contributed by atoms with van der Waals surface area (Å²) in [7, 11) is -3.75. The van der Waals surface area contributed by atoms with Crippen LogP contribution in [0.1, 0.15) is 12.5 Å². The summed E-state index contributed by atoms with van der Waals surface area (Å²) in [6.07, 6.45) is 0. The molecule has 0 spiro atoms. The van der Waals surface area contributed by atoms with Gasteiger partial charge in [0.1, 0.15) is 11.9 Å². The number of anilines is 1. The van der Waals surface area contributed by atoms with E-state index in [2.05, 4.69) is 27.5 Å². The lowest BCUT2D eigenvalue weighted by Crippen LogP contribution is -2.53. The normalized spacial score (nSPS) is 17.3. The van der Waals surface area contributed by atoms with E-state index in [4.69, 9.17) is 11.6 Å². The molecule has 10 heteroatoms. The molecular formula is C20H23Cl2FN4O2S. The van der Waals surface area contributed by atoms with Gasteiger partial charge in [-0.1, -0.05) is 23.7 Å². The molecule has 0 aromatic heterocycles. The Kier molecular flexibility index (Phi) is 8.47. The van der Waals surface area contributed by atoms with Crippen LogP contribution >= 0.6 is 24.0 Å². The first-order chi connectivity index (χ1) is 13.8. The van der Waals surface area contributed by atoms with Crippen LogP contribution in [0.2, 0.25) is 5.02 Å². The summed E-state index contributed by atoms with van der Waals surface area (Å²) in [4.78, 5) is 4.32. The second kappa shape index (κ2) is 10.4. The highest BCUT2D eigenvalue weighted by molar-refractivity contribution is 7.89. The molecule has 0 aliphatic carbocycles. The average Bonchev–Trinajstić information content (AvgIpc) is 2.71. The van der Waals surface area contributed by atoms with Crippen LogP contribution in [0, 0.1) is 17.1 Å². The predicted molar refractivity (Wildman–Crippen MR) is 118 cm³/mol. The van der Waals surface area contributed by atoms with E-state index in [0.717, 1.165) is 37.5 Å². The maximum absolute atomic E-state index is 13.3. The Morgan fingerprint density at radius 2 is 2.00 bits per heavy atom. The van der Waals surface area contributed by atoms with Gasteiger partial charge in [-0.2, -0.15) is 5.26 Å². The van der Waals surface area contributed by atoms with Crippen LogP contribution in [0.15, 0.2) is 47.4 Å². The molecule has 1 aliphatic heterocycles. The molecule has 0 saturated carbocycles. The smallest absolute Gasteiger partial charge is 0.240 e. The largest absolute Gasteiger partial charge is 0.368 e. The quantitative estimate of drug-likeness (QED) is 0.697. The van der Waals surface area contributed by atoms with Crippen molar-refractivity contribution in [3.63, 3.8) is 0 Å². The molecule has 3 rings (SSSR count). The SMILES string of the molecule is C[C@@H]1CN(c2ccccc2C#N)CCN1CCNS(=O)(=O)c1ccc(F)c(Cl)c1.Cl. The molecule has 1 heterocycles. The number of halogens is 3. The first kappa shape index (κ1) is 24.4. The van der Waals surface area contributed by atoms with E-state index < -0.39 is 15.8 Å². The van der Waals surface area contributed by atoms with Crippen molar-refractivity contribution < 1.29 is 12.8 Å². The Balaban J connectivity index is 0.00000320. The molecule has 1 aliphatic rings. The summed E-state index contributed by atoms with van der Waals surface area (Å²) in [5.74, 6) is -0.657. The van der Waals surface area contributed by atoms with Gasteiger partial charge in [0, 0.05) is 38.8 Å². The number of nitrogens with zero attached hydrogens (tertiary/aromatic N) is 3. The number of para-hydroxylation sites is 1. The van der Waals surface area contributed by atoms with Crippen molar-refractivity contribution in [2.45, 2.75) is 17.9 Å². The van der Waals surface area contributed by atoms with Crippen LogP contribution in [-0.4, -0.2) is 52.1 Å². The number of benzene rings is 2. The van der Waals surface area contributed by atoms with Gasteiger partial charge in [0.25, 0.3) is 0 Å². The summed E-state index contributed by atoms with van der Waals surface area (Å²) in [6.45, 7) is 5.11. The lowest BCUT2D eigenvalue weighted by Gasteiger charge is -2.41. The number of hydrogen-bond acceptors (Lipinski definition) is 5. The van der Waals surface area contributed by atoms with Crippen LogP contribution in [0.5, 0.6) is 0 Å². The minimum absolute atomic E-state index is 0. The standard InChI is InChI=1S/C20H22ClFN4O2S.ClH/c1-15-14-26(20-5-3-2-4-16(20)13-23)11-10-25(15)9-8-24-29(27,28)17-6-7-19(22)18(21)12-17;/h2-7,12,15,24H,8-11,14H2,1H3;1H/t15-;/m1./s1. The van der Waals surface area contributed by atoms with Gasteiger partial charge < -0.3 is 4.90 Å². The van der Waals surface area contributed by atoms with Crippen molar-refractivity contribution in [1.82, 2.24) is 9.62 Å². The van der Waals surface area contributed by atoms with Crippen molar-refractivity contribution in [2.24, 2.45) is 0 Å². The average molecular weight is 473 g/mol. The molecule has 2 aromatic carbocycles. The Labute approximate surface area is 187 Å². The first-order valence-electron chi connectivity index (χ1n) is 9.24. The zero-order chi connectivity index (χ0) is 21.0. The predicted octanol–water partition coefficient (Wildman–Crippen LogP) is 3.26. The zero-order valence-electron chi connectivity index (χ0n) is 16.4. The highest BCUT2D eigenvalue weighted by atomic mass is 35.5. The van der Waals surface area contributed by atoms with E-state index in [1.54, 1.807) is 0 Å². The van der Waals surface area contributed by atoms with Gasteiger partial charge >= 0.3 is 0 Å². The molecule has 1 atom stereocenters. The van der Waals surface area contributed by atoms with E-state index in [0.29, 0.717) is 12.1 Å². The maximum atomic E-state index is 13.3. The van der Waals surface area contributed by atoms with Gasteiger partial charge in [0.15, 0.2) is 0 Å². The van der Waals surface area contributed by atoms with Gasteiger partial charge in [-0.05, 0) is 37.3 Å². The van der Waals surface area contributed by atoms with Gasteiger partial charge in [-0.3, -0.25) is 4.90 Å². The maximum Gasteiger partial charge on any atom is 0.240 e. The lowest BCUT2D eigenvalue weighted by atomic mass is 10.1. The summed E-state index contributed by atoms with van der Waals surface area (Å²) in [5, 5.41) is 9.08. The van der Waals surface area contributed by atoms with Crippen LogP contribution in [0.25, 0.3) is 0 Å². The van der Waals surface area contributed by atoms with Crippen LogP contribution in [0.3, 0.4) is 0 Å². The lowest BCUT2D eigenvalue weighted by molar-refractivity contribution is 0.193. The Morgan fingerprint density at radius 1 is 1.27 bits per heavy atom. The van der Waals surface area contributed by atoms with E-state index >= 15 is 0 Å². The molecular weight excluding hydrogens is 450 g/mol. The van der Waals surface area contributed by atoms with E-state index in [1.807, 2.05) is 24.3 Å². The number of sulfonamides is 1. The fourth-order valence-corrected chi connectivity index (χ4v) is 4.73. The number of rotatable bonds is 6. The number of nitrogens with one attached hydrogen (secondary N) is 1. The Hall–Kier alpha value is -1.89. The molecule has 0 bridgehead atoms. The molecule has 2 aromatic rings. The van der Waals surface area contributed by atoms with E-state index in [1.165, 1.54) is 6.07 Å². The fraction of sp³-hybridized carbons (Fsp3) is 0.350. The molecule has 0 radical (unpaired) electrons.